The van der Waals surface area contributed by atoms with Crippen LogP contribution in [-0.4, -0.2) is 35.6 Å². The van der Waals surface area contributed by atoms with Gasteiger partial charge in [-0.25, -0.2) is 9.78 Å². The smallest absolute Gasteiger partial charge is 0.358 e. The Morgan fingerprint density at radius 2 is 2.42 bits per heavy atom. The highest BCUT2D eigenvalue weighted by Gasteiger charge is 2.26. The summed E-state index contributed by atoms with van der Waals surface area (Å²) in [6, 6.07) is 3.97. The van der Waals surface area contributed by atoms with Gasteiger partial charge in [0.05, 0.1) is 12.6 Å². The molecule has 1 N–H and O–H groups in total. The molecule has 100 valence electrons. The molecule has 0 bridgehead atoms. The normalized spacial score (nSPS) is 18.9. The molecule has 0 radical (unpaired) electrons. The zero-order valence-corrected chi connectivity index (χ0v) is 11.1. The Morgan fingerprint density at radius 3 is 3.11 bits per heavy atom. The molecule has 0 saturated carbocycles. The highest BCUT2D eigenvalue weighted by Crippen LogP contribution is 2.26. The number of esters is 1. The number of imidazole rings is 1. The van der Waals surface area contributed by atoms with E-state index in [0.29, 0.717) is 11.6 Å². The lowest BCUT2D eigenvalue weighted by atomic mass is 10.1. The quantitative estimate of drug-likeness (QED) is 0.831. The Kier molecular flexibility index (Phi) is 2.98. The molecule has 1 saturated heterocycles. The van der Waals surface area contributed by atoms with Crippen molar-refractivity contribution < 1.29 is 9.53 Å². The fourth-order valence-electron chi connectivity index (χ4n) is 2.73. The Labute approximate surface area is 111 Å². The van der Waals surface area contributed by atoms with Gasteiger partial charge in [0.25, 0.3) is 0 Å². The molecule has 0 aromatic carbocycles. The lowest BCUT2D eigenvalue weighted by Crippen LogP contribution is -2.10. The van der Waals surface area contributed by atoms with Crippen LogP contribution < -0.4 is 5.32 Å². The van der Waals surface area contributed by atoms with Crippen LogP contribution in [0.15, 0.2) is 18.3 Å². The molecule has 3 rings (SSSR count). The van der Waals surface area contributed by atoms with Crippen molar-refractivity contribution >= 4 is 11.5 Å². The van der Waals surface area contributed by atoms with E-state index < -0.39 is 0 Å². The number of nitrogens with zero attached hydrogens (tertiary/aromatic N) is 2. The molecule has 5 heteroatoms. The van der Waals surface area contributed by atoms with E-state index in [2.05, 4.69) is 10.3 Å². The van der Waals surface area contributed by atoms with Crippen LogP contribution >= 0.6 is 0 Å². The highest BCUT2D eigenvalue weighted by molar-refractivity contribution is 5.96. The van der Waals surface area contributed by atoms with Gasteiger partial charge in [0.2, 0.25) is 0 Å². The minimum absolute atomic E-state index is 0.354. The number of carbonyl (C=O) groups excluding carboxylic acids is 1. The van der Waals surface area contributed by atoms with Gasteiger partial charge in [-0.05, 0) is 31.5 Å². The first-order valence-corrected chi connectivity index (χ1v) is 6.49. The molecule has 1 aliphatic heterocycles. The minimum atomic E-state index is -0.371. The maximum atomic E-state index is 11.9. The highest BCUT2D eigenvalue weighted by atomic mass is 16.5. The molecular formula is C14H17N3O2. The molecule has 0 spiro atoms. The summed E-state index contributed by atoms with van der Waals surface area (Å²) in [5.74, 6) is 0.931. The summed E-state index contributed by atoms with van der Waals surface area (Å²) in [7, 11) is 1.39. The van der Waals surface area contributed by atoms with Crippen LogP contribution in [0.1, 0.15) is 34.2 Å². The van der Waals surface area contributed by atoms with Gasteiger partial charge in [-0.15, -0.1) is 0 Å². The van der Waals surface area contributed by atoms with Gasteiger partial charge in [-0.1, -0.05) is 6.07 Å². The molecule has 1 aliphatic rings. The molecule has 0 amide bonds. The topological polar surface area (TPSA) is 55.6 Å². The first kappa shape index (κ1) is 12.2. The van der Waals surface area contributed by atoms with Gasteiger partial charge in [0.15, 0.2) is 5.69 Å². The van der Waals surface area contributed by atoms with Gasteiger partial charge in [0.1, 0.15) is 5.82 Å². The van der Waals surface area contributed by atoms with Crippen molar-refractivity contribution in [1.82, 2.24) is 14.7 Å². The molecule has 5 nitrogen and oxygen atoms in total. The van der Waals surface area contributed by atoms with E-state index in [0.717, 1.165) is 36.4 Å². The third-order valence-electron chi connectivity index (χ3n) is 3.70. The van der Waals surface area contributed by atoms with Crippen molar-refractivity contribution in [2.75, 3.05) is 20.2 Å². The average molecular weight is 259 g/mol. The van der Waals surface area contributed by atoms with Crippen molar-refractivity contribution in [3.05, 3.63) is 35.4 Å². The molecule has 2 aromatic heterocycles. The summed E-state index contributed by atoms with van der Waals surface area (Å²) in [5, 5.41) is 3.33. The molecular weight excluding hydrogens is 242 g/mol. The first-order valence-electron chi connectivity index (χ1n) is 6.49. The average Bonchev–Trinajstić information content (AvgIpc) is 3.05. The Balaban J connectivity index is 2.23. The molecule has 1 atom stereocenters. The second-order valence-corrected chi connectivity index (χ2v) is 4.91. The second-order valence-electron chi connectivity index (χ2n) is 4.91. The summed E-state index contributed by atoms with van der Waals surface area (Å²) >= 11 is 0. The third kappa shape index (κ3) is 1.90. The zero-order valence-electron chi connectivity index (χ0n) is 11.1. The standard InChI is InChI=1S/C14H17N3O2/c1-9-4-3-7-17-12(9)11(14(18)19-2)16-13(17)10-5-6-15-8-10/h3-4,7,10,15H,5-6,8H2,1-2H3. The van der Waals surface area contributed by atoms with Gasteiger partial charge in [-0.2, -0.15) is 0 Å². The summed E-state index contributed by atoms with van der Waals surface area (Å²) < 4.78 is 6.87. The molecule has 0 aliphatic carbocycles. The fourth-order valence-corrected chi connectivity index (χ4v) is 2.73. The summed E-state index contributed by atoms with van der Waals surface area (Å²) in [4.78, 5) is 16.4. The second kappa shape index (κ2) is 4.66. The van der Waals surface area contributed by atoms with Gasteiger partial charge in [-0.3, -0.25) is 0 Å². The Hall–Kier alpha value is -1.88. The summed E-state index contributed by atoms with van der Waals surface area (Å²) in [5.41, 5.74) is 2.31. The third-order valence-corrected chi connectivity index (χ3v) is 3.70. The Bertz CT molecular complexity index is 627. The van der Waals surface area contributed by atoms with Crippen LogP contribution in [0.4, 0.5) is 0 Å². The van der Waals surface area contributed by atoms with E-state index in [1.807, 2.05) is 29.7 Å². The summed E-state index contributed by atoms with van der Waals surface area (Å²) in [6.45, 7) is 3.90. The van der Waals surface area contributed by atoms with E-state index in [1.54, 1.807) is 0 Å². The fraction of sp³-hybridized carbons (Fsp3) is 0.429. The minimum Gasteiger partial charge on any atom is -0.464 e. The summed E-state index contributed by atoms with van der Waals surface area (Å²) in [6.07, 6.45) is 3.02. The lowest BCUT2D eigenvalue weighted by Gasteiger charge is -2.07. The van der Waals surface area contributed by atoms with Gasteiger partial charge >= 0.3 is 5.97 Å². The van der Waals surface area contributed by atoms with E-state index in [1.165, 1.54) is 7.11 Å². The first-order chi connectivity index (χ1) is 9.22. The number of methoxy groups -OCH3 is 1. The van der Waals surface area contributed by atoms with E-state index in [4.69, 9.17) is 4.74 Å². The van der Waals surface area contributed by atoms with Gasteiger partial charge < -0.3 is 14.5 Å². The lowest BCUT2D eigenvalue weighted by molar-refractivity contribution is 0.0596. The predicted molar refractivity (Wildman–Crippen MR) is 71.5 cm³/mol. The van der Waals surface area contributed by atoms with Crippen LogP contribution in [0.25, 0.3) is 5.52 Å². The SMILES string of the molecule is COC(=O)c1nc(C2CCNC2)n2cccc(C)c12. The van der Waals surface area contributed by atoms with Crippen molar-refractivity contribution in [2.45, 2.75) is 19.3 Å². The van der Waals surface area contributed by atoms with Crippen molar-refractivity contribution in [1.29, 1.82) is 0 Å². The van der Waals surface area contributed by atoms with Crippen molar-refractivity contribution in [3.63, 3.8) is 0 Å². The van der Waals surface area contributed by atoms with E-state index in [-0.39, 0.29) is 5.97 Å². The number of rotatable bonds is 2. The number of fused-ring (bicyclic) bond motifs is 1. The maximum Gasteiger partial charge on any atom is 0.358 e. The molecule has 3 heterocycles. The molecule has 1 fully saturated rings. The van der Waals surface area contributed by atoms with E-state index >= 15 is 0 Å². The van der Waals surface area contributed by atoms with E-state index in [9.17, 15) is 4.79 Å². The monoisotopic (exact) mass is 259 g/mol. The number of carbonyl (C=O) groups is 1. The number of aromatic nitrogens is 2. The number of nitrogens with one attached hydrogen (secondary N) is 1. The largest absolute Gasteiger partial charge is 0.464 e. The van der Waals surface area contributed by atoms with Crippen LogP contribution in [0, 0.1) is 6.92 Å². The maximum absolute atomic E-state index is 11.9. The number of aryl methyl sites for hydroxylation is 1. The molecule has 19 heavy (non-hydrogen) atoms. The van der Waals surface area contributed by atoms with Crippen LogP contribution in [0.2, 0.25) is 0 Å². The Morgan fingerprint density at radius 1 is 1.58 bits per heavy atom. The number of ether oxygens (including phenoxy) is 1. The van der Waals surface area contributed by atoms with Gasteiger partial charge in [0, 0.05) is 18.7 Å². The zero-order chi connectivity index (χ0) is 13.4. The molecule has 1 unspecified atom stereocenters. The van der Waals surface area contributed by atoms with Crippen molar-refractivity contribution in [2.24, 2.45) is 0 Å². The van der Waals surface area contributed by atoms with Crippen LogP contribution in [0.5, 0.6) is 0 Å². The number of hydrogen-bond acceptors (Lipinski definition) is 4. The number of pyridine rings is 1. The van der Waals surface area contributed by atoms with Crippen LogP contribution in [-0.2, 0) is 4.74 Å². The van der Waals surface area contributed by atoms with Crippen molar-refractivity contribution in [3.8, 4) is 0 Å². The molecule has 2 aromatic rings. The number of hydrogen-bond donors (Lipinski definition) is 1. The van der Waals surface area contributed by atoms with Crippen LogP contribution in [0.3, 0.4) is 0 Å². The predicted octanol–water partition coefficient (Wildman–Crippen LogP) is 1.51.